The van der Waals surface area contributed by atoms with Gasteiger partial charge in [0.2, 0.25) is 0 Å². The summed E-state index contributed by atoms with van der Waals surface area (Å²) in [5.74, 6) is 1.48. The van der Waals surface area contributed by atoms with Gasteiger partial charge in [0.15, 0.2) is 11.5 Å². The second kappa shape index (κ2) is 4.55. The van der Waals surface area contributed by atoms with Gasteiger partial charge in [0.05, 0.1) is 14.2 Å². The second-order valence-corrected chi connectivity index (χ2v) is 2.49. The van der Waals surface area contributed by atoms with Crippen molar-refractivity contribution < 1.29 is 9.47 Å². The zero-order chi connectivity index (χ0) is 9.68. The normalized spacial score (nSPS) is 9.38. The van der Waals surface area contributed by atoms with Crippen molar-refractivity contribution in [1.82, 2.24) is 0 Å². The lowest BCUT2D eigenvalue weighted by molar-refractivity contribution is 0.353. The Bertz CT molecular complexity index is 292. The van der Waals surface area contributed by atoms with E-state index in [9.17, 15) is 0 Å². The highest BCUT2D eigenvalue weighted by atomic mass is 16.5. The van der Waals surface area contributed by atoms with Gasteiger partial charge in [-0.3, -0.25) is 0 Å². The molecule has 0 saturated heterocycles. The van der Waals surface area contributed by atoms with Gasteiger partial charge in [0.1, 0.15) is 0 Å². The van der Waals surface area contributed by atoms with E-state index in [2.05, 4.69) is 6.58 Å². The van der Waals surface area contributed by atoms with Gasteiger partial charge in [-0.15, -0.1) is 6.58 Å². The highest BCUT2D eigenvalue weighted by molar-refractivity contribution is 5.50. The molecule has 1 rings (SSSR count). The summed E-state index contributed by atoms with van der Waals surface area (Å²) in [6.45, 7) is 3.63. The summed E-state index contributed by atoms with van der Waals surface area (Å²) in [5.41, 5.74) is 0.969. The summed E-state index contributed by atoms with van der Waals surface area (Å²) in [4.78, 5) is 0. The molecule has 69 valence electrons. The summed E-state index contributed by atoms with van der Waals surface area (Å²) >= 11 is 0. The Morgan fingerprint density at radius 3 is 2.54 bits per heavy atom. The fraction of sp³-hybridized carbons (Fsp3) is 0.182. The van der Waals surface area contributed by atoms with Gasteiger partial charge in [0, 0.05) is 12.0 Å². The molecule has 0 fully saturated rings. The number of para-hydroxylation sites is 1. The lowest BCUT2D eigenvalue weighted by Gasteiger charge is -2.10. The maximum absolute atomic E-state index is 5.22. The summed E-state index contributed by atoms with van der Waals surface area (Å²) in [6.07, 6.45) is 3.60. The molecule has 0 N–H and O–H groups in total. The molecule has 0 aliphatic carbocycles. The van der Waals surface area contributed by atoms with E-state index in [4.69, 9.17) is 9.47 Å². The van der Waals surface area contributed by atoms with Crippen LogP contribution in [-0.2, 0) is 0 Å². The number of methoxy groups -OCH3 is 2. The molecule has 13 heavy (non-hydrogen) atoms. The maximum Gasteiger partial charge on any atom is 0.164 e. The Kier molecular flexibility index (Phi) is 3.38. The van der Waals surface area contributed by atoms with E-state index in [0.717, 1.165) is 17.1 Å². The molecule has 0 heterocycles. The second-order valence-electron chi connectivity index (χ2n) is 2.49. The molecule has 0 atom stereocenters. The molecule has 0 bridgehead atoms. The Morgan fingerprint density at radius 1 is 1.23 bits per heavy atom. The van der Waals surface area contributed by atoms with E-state index in [-0.39, 0.29) is 0 Å². The van der Waals surface area contributed by atoms with Crippen LogP contribution in [0.25, 0.3) is 0 Å². The van der Waals surface area contributed by atoms with Crippen molar-refractivity contribution in [3.63, 3.8) is 0 Å². The summed E-state index contributed by atoms with van der Waals surface area (Å²) < 4.78 is 10.4. The van der Waals surface area contributed by atoms with E-state index in [0.29, 0.717) is 0 Å². The largest absolute Gasteiger partial charge is 0.493 e. The zero-order valence-corrected chi connectivity index (χ0v) is 7.91. The molecule has 0 amide bonds. The lowest BCUT2D eigenvalue weighted by Crippen LogP contribution is -1.93. The van der Waals surface area contributed by atoms with Gasteiger partial charge in [-0.2, -0.15) is 0 Å². The number of hydrogen-bond acceptors (Lipinski definition) is 2. The van der Waals surface area contributed by atoms with E-state index in [1.807, 2.05) is 24.6 Å². The fourth-order valence-electron chi connectivity index (χ4n) is 1.17. The highest BCUT2D eigenvalue weighted by Crippen LogP contribution is 2.31. The lowest BCUT2D eigenvalue weighted by atomic mass is 10.1. The maximum atomic E-state index is 5.22. The van der Waals surface area contributed by atoms with Crippen LogP contribution in [0.1, 0.15) is 5.56 Å². The first kappa shape index (κ1) is 9.65. The first-order valence-electron chi connectivity index (χ1n) is 4.00. The van der Waals surface area contributed by atoms with E-state index < -0.39 is 0 Å². The SMILES string of the molecule is C=C[CH]c1cccc(OC)c1OC. The molecule has 1 radical (unpaired) electrons. The predicted molar refractivity (Wildman–Crippen MR) is 53.1 cm³/mol. The molecule has 1 aromatic rings. The van der Waals surface area contributed by atoms with Gasteiger partial charge < -0.3 is 9.47 Å². The first-order chi connectivity index (χ1) is 6.33. The van der Waals surface area contributed by atoms with Crippen LogP contribution in [0.4, 0.5) is 0 Å². The minimum Gasteiger partial charge on any atom is -0.493 e. The zero-order valence-electron chi connectivity index (χ0n) is 7.91. The molecule has 2 nitrogen and oxygen atoms in total. The average Bonchev–Trinajstić information content (AvgIpc) is 2.18. The standard InChI is InChI=1S/C11H13O2/c1-4-6-9-7-5-8-10(12-2)11(9)13-3/h4-8H,1H2,2-3H3. The predicted octanol–water partition coefficient (Wildman–Crippen LogP) is 2.44. The first-order valence-corrected chi connectivity index (χ1v) is 4.00. The van der Waals surface area contributed by atoms with Crippen LogP contribution in [0.15, 0.2) is 30.9 Å². The molecule has 0 aliphatic heterocycles. The van der Waals surface area contributed by atoms with E-state index in [1.54, 1.807) is 20.3 Å². The Morgan fingerprint density at radius 2 is 2.00 bits per heavy atom. The summed E-state index contributed by atoms with van der Waals surface area (Å²) in [5, 5.41) is 0. The summed E-state index contributed by atoms with van der Waals surface area (Å²) in [7, 11) is 3.24. The molecular weight excluding hydrogens is 164 g/mol. The van der Waals surface area contributed by atoms with Gasteiger partial charge in [-0.25, -0.2) is 0 Å². The number of benzene rings is 1. The van der Waals surface area contributed by atoms with Crippen LogP contribution in [0.3, 0.4) is 0 Å². The number of rotatable bonds is 4. The third-order valence-electron chi connectivity index (χ3n) is 1.73. The highest BCUT2D eigenvalue weighted by Gasteiger charge is 2.07. The molecule has 0 unspecified atom stereocenters. The third kappa shape index (κ3) is 2.02. The van der Waals surface area contributed by atoms with Crippen molar-refractivity contribution in [3.8, 4) is 11.5 Å². The average molecular weight is 177 g/mol. The smallest absolute Gasteiger partial charge is 0.164 e. The number of allylic oxidation sites excluding steroid dienone is 1. The van der Waals surface area contributed by atoms with Gasteiger partial charge in [-0.05, 0) is 6.07 Å². The van der Waals surface area contributed by atoms with E-state index in [1.165, 1.54) is 0 Å². The molecule has 0 aromatic heterocycles. The van der Waals surface area contributed by atoms with Gasteiger partial charge in [-0.1, -0.05) is 18.2 Å². The van der Waals surface area contributed by atoms with Crippen molar-refractivity contribution in [3.05, 3.63) is 42.8 Å². The molecule has 0 saturated carbocycles. The molecule has 1 aromatic carbocycles. The molecule has 2 heteroatoms. The van der Waals surface area contributed by atoms with Crippen LogP contribution in [-0.4, -0.2) is 14.2 Å². The van der Waals surface area contributed by atoms with Crippen molar-refractivity contribution in [2.75, 3.05) is 14.2 Å². The van der Waals surface area contributed by atoms with Crippen molar-refractivity contribution in [1.29, 1.82) is 0 Å². The third-order valence-corrected chi connectivity index (χ3v) is 1.73. The molecular formula is C11H13O2. The fourth-order valence-corrected chi connectivity index (χ4v) is 1.17. The van der Waals surface area contributed by atoms with Gasteiger partial charge in [0.25, 0.3) is 0 Å². The van der Waals surface area contributed by atoms with Crippen molar-refractivity contribution in [2.24, 2.45) is 0 Å². The number of ether oxygens (including phenoxy) is 2. The number of hydrogen-bond donors (Lipinski definition) is 0. The van der Waals surface area contributed by atoms with Crippen LogP contribution >= 0.6 is 0 Å². The van der Waals surface area contributed by atoms with Crippen LogP contribution in [0, 0.1) is 6.42 Å². The topological polar surface area (TPSA) is 18.5 Å². The van der Waals surface area contributed by atoms with E-state index >= 15 is 0 Å². The summed E-state index contributed by atoms with van der Waals surface area (Å²) in [6, 6.07) is 5.72. The van der Waals surface area contributed by atoms with Crippen LogP contribution in [0.5, 0.6) is 11.5 Å². The van der Waals surface area contributed by atoms with Gasteiger partial charge >= 0.3 is 0 Å². The Labute approximate surface area is 78.8 Å². The minimum atomic E-state index is 0.734. The van der Waals surface area contributed by atoms with Crippen LogP contribution in [0.2, 0.25) is 0 Å². The Balaban J connectivity index is 3.10. The Hall–Kier alpha value is -1.44. The molecule has 0 spiro atoms. The quantitative estimate of drug-likeness (QED) is 0.703. The molecule has 0 aliphatic rings. The van der Waals surface area contributed by atoms with Crippen molar-refractivity contribution >= 4 is 0 Å². The van der Waals surface area contributed by atoms with Crippen molar-refractivity contribution in [2.45, 2.75) is 0 Å². The monoisotopic (exact) mass is 177 g/mol. The minimum absolute atomic E-state index is 0.734. The van der Waals surface area contributed by atoms with Crippen LogP contribution < -0.4 is 9.47 Å².